The molecule has 0 aliphatic heterocycles. The monoisotopic (exact) mass is 746 g/mol. The summed E-state index contributed by atoms with van der Waals surface area (Å²) in [5.41, 5.74) is 5.95. The summed E-state index contributed by atoms with van der Waals surface area (Å²) >= 11 is 23.4. The van der Waals surface area contributed by atoms with Gasteiger partial charge >= 0.3 is 11.9 Å². The van der Waals surface area contributed by atoms with Crippen LogP contribution in [-0.2, 0) is 36.5 Å². The number of carbonyl (C=O) groups is 2. The molecule has 0 spiro atoms. The van der Waals surface area contributed by atoms with Gasteiger partial charge < -0.3 is 29.1 Å². The SMILES string of the molecule is C.C.Cn1c(CCC(=O)O)nc2cc(N(CCCl)CCCl)ccc21.Cn1c(CCCCC(=O)O)nc2cc(N(CCCl)CCCl)ccc21. The summed E-state index contributed by atoms with van der Waals surface area (Å²) in [6.45, 7) is 2.93. The Morgan fingerprint density at radius 2 is 1.04 bits per heavy atom. The van der Waals surface area contributed by atoms with Crippen molar-refractivity contribution in [3.05, 3.63) is 48.0 Å². The smallest absolute Gasteiger partial charge is 0.303 e. The number of nitrogens with zero attached hydrogens (tertiary/aromatic N) is 6. The molecule has 268 valence electrons. The minimum Gasteiger partial charge on any atom is -0.481 e. The molecule has 14 heteroatoms. The molecule has 2 aromatic carbocycles. The molecule has 0 unspecified atom stereocenters. The van der Waals surface area contributed by atoms with Crippen molar-refractivity contribution < 1.29 is 19.8 Å². The molecule has 48 heavy (non-hydrogen) atoms. The zero-order valence-corrected chi connectivity index (χ0v) is 29.3. The van der Waals surface area contributed by atoms with E-state index >= 15 is 0 Å². The Morgan fingerprint density at radius 3 is 1.42 bits per heavy atom. The van der Waals surface area contributed by atoms with Gasteiger partial charge in [-0.3, -0.25) is 9.59 Å². The average molecular weight is 749 g/mol. The third kappa shape index (κ3) is 12.2. The summed E-state index contributed by atoms with van der Waals surface area (Å²) in [7, 11) is 3.90. The molecule has 2 N–H and O–H groups in total. The molecule has 0 amide bonds. The fourth-order valence-electron chi connectivity index (χ4n) is 5.24. The molecule has 0 fully saturated rings. The minimum absolute atomic E-state index is 0. The number of anilines is 2. The number of unbranched alkanes of at least 4 members (excludes halogenated alkanes) is 1. The number of alkyl halides is 4. The first-order valence-electron chi connectivity index (χ1n) is 15.2. The second kappa shape index (κ2) is 21.9. The summed E-state index contributed by atoms with van der Waals surface area (Å²) in [6.07, 6.45) is 2.97. The summed E-state index contributed by atoms with van der Waals surface area (Å²) in [5, 5.41) is 17.5. The fraction of sp³-hybridized carbons (Fsp3) is 0.529. The van der Waals surface area contributed by atoms with E-state index in [4.69, 9.17) is 61.6 Å². The maximum Gasteiger partial charge on any atom is 0.303 e. The molecule has 4 rings (SSSR count). The number of benzene rings is 2. The molecule has 0 atom stereocenters. The first kappa shape index (κ1) is 43.1. The van der Waals surface area contributed by atoms with E-state index in [0.29, 0.717) is 36.4 Å². The molecular formula is C34H50Cl4N6O4. The molecule has 0 bridgehead atoms. The Kier molecular flexibility index (Phi) is 19.7. The van der Waals surface area contributed by atoms with Crippen molar-refractivity contribution in [1.82, 2.24) is 19.1 Å². The van der Waals surface area contributed by atoms with Gasteiger partial charge in [0.25, 0.3) is 0 Å². The van der Waals surface area contributed by atoms with Crippen molar-refractivity contribution in [2.24, 2.45) is 14.1 Å². The lowest BCUT2D eigenvalue weighted by atomic mass is 10.2. The zero-order valence-electron chi connectivity index (χ0n) is 26.3. The van der Waals surface area contributed by atoms with Crippen LogP contribution in [0, 0.1) is 0 Å². The third-order valence-electron chi connectivity index (χ3n) is 7.67. The van der Waals surface area contributed by atoms with Crippen molar-refractivity contribution in [2.75, 3.05) is 59.5 Å². The number of halogens is 4. The Morgan fingerprint density at radius 1 is 0.646 bits per heavy atom. The van der Waals surface area contributed by atoms with E-state index in [-0.39, 0.29) is 27.7 Å². The number of aliphatic carboxylic acids is 2. The van der Waals surface area contributed by atoms with E-state index in [1.807, 2.05) is 36.9 Å². The topological polar surface area (TPSA) is 117 Å². The van der Waals surface area contributed by atoms with E-state index < -0.39 is 11.9 Å². The van der Waals surface area contributed by atoms with Gasteiger partial charge in [0.2, 0.25) is 0 Å². The summed E-state index contributed by atoms with van der Waals surface area (Å²) in [6, 6.07) is 12.2. The molecule has 0 saturated carbocycles. The Bertz CT molecular complexity index is 1570. The van der Waals surface area contributed by atoms with Crippen LogP contribution >= 0.6 is 46.4 Å². The second-order valence-electron chi connectivity index (χ2n) is 10.7. The second-order valence-corrected chi connectivity index (χ2v) is 12.3. The van der Waals surface area contributed by atoms with Crippen LogP contribution in [-0.4, -0.2) is 91.0 Å². The highest BCUT2D eigenvalue weighted by Gasteiger charge is 2.14. The maximum atomic E-state index is 10.7. The Balaban J connectivity index is 0.000000462. The quantitative estimate of drug-likeness (QED) is 0.0783. The number of imidazole rings is 2. The van der Waals surface area contributed by atoms with Crippen LogP contribution in [0.2, 0.25) is 0 Å². The molecule has 0 saturated heterocycles. The standard InChI is InChI=1S/C17H23Cl2N3O2.C15H19Cl2N3O2.2CH4/c1-21-15-7-6-13(22(10-8-18)11-9-19)12-14(15)20-16(21)4-2-3-5-17(23)24;1-19-13-3-2-11(20(8-6-16)9-7-17)10-12(13)18-14(19)4-5-15(21)22;;/h6-7,12H,2-5,8-11H2,1H3,(H,23,24);2-3,10H,4-9H2,1H3,(H,21,22);2*1H4. The highest BCUT2D eigenvalue weighted by Crippen LogP contribution is 2.25. The third-order valence-corrected chi connectivity index (χ3v) is 8.34. The van der Waals surface area contributed by atoms with Gasteiger partial charge in [0, 0.05) is 94.4 Å². The van der Waals surface area contributed by atoms with Crippen molar-refractivity contribution >= 4 is 91.8 Å². The number of aryl methyl sites for hydroxylation is 4. The highest BCUT2D eigenvalue weighted by molar-refractivity contribution is 6.19. The van der Waals surface area contributed by atoms with Gasteiger partial charge in [-0.25, -0.2) is 9.97 Å². The van der Waals surface area contributed by atoms with Crippen LogP contribution in [0.3, 0.4) is 0 Å². The highest BCUT2D eigenvalue weighted by atomic mass is 35.5. The number of hydrogen-bond donors (Lipinski definition) is 2. The van der Waals surface area contributed by atoms with Gasteiger partial charge in [-0.15, -0.1) is 46.4 Å². The lowest BCUT2D eigenvalue weighted by Gasteiger charge is -2.22. The number of fused-ring (bicyclic) bond motifs is 2. The molecular weight excluding hydrogens is 698 g/mol. The molecule has 10 nitrogen and oxygen atoms in total. The van der Waals surface area contributed by atoms with E-state index in [1.54, 1.807) is 0 Å². The van der Waals surface area contributed by atoms with Gasteiger partial charge in [0.15, 0.2) is 0 Å². The maximum absolute atomic E-state index is 10.7. The molecule has 0 aliphatic rings. The normalized spacial score (nSPS) is 10.6. The number of rotatable bonds is 18. The predicted molar refractivity (Wildman–Crippen MR) is 203 cm³/mol. The van der Waals surface area contributed by atoms with E-state index in [2.05, 4.69) is 37.5 Å². The van der Waals surface area contributed by atoms with Crippen LogP contribution in [0.4, 0.5) is 11.4 Å². The van der Waals surface area contributed by atoms with Crippen molar-refractivity contribution in [3.8, 4) is 0 Å². The van der Waals surface area contributed by atoms with Gasteiger partial charge in [-0.05, 0) is 49.2 Å². The van der Waals surface area contributed by atoms with Crippen LogP contribution in [0.25, 0.3) is 22.1 Å². The number of carboxylic acids is 2. The number of carboxylic acid groups (broad SMARTS) is 2. The molecule has 2 aromatic heterocycles. The molecule has 0 aliphatic carbocycles. The Labute approximate surface area is 304 Å². The van der Waals surface area contributed by atoms with E-state index in [1.165, 1.54) is 0 Å². The van der Waals surface area contributed by atoms with E-state index in [0.717, 1.165) is 84.1 Å². The van der Waals surface area contributed by atoms with Crippen molar-refractivity contribution in [1.29, 1.82) is 0 Å². The minimum atomic E-state index is -0.817. The predicted octanol–water partition coefficient (Wildman–Crippen LogP) is 7.80. The lowest BCUT2D eigenvalue weighted by molar-refractivity contribution is -0.138. The van der Waals surface area contributed by atoms with Gasteiger partial charge in [-0.1, -0.05) is 14.9 Å². The number of aromatic nitrogens is 4. The summed E-state index contributed by atoms with van der Waals surface area (Å²) < 4.78 is 4.02. The van der Waals surface area contributed by atoms with Gasteiger partial charge in [0.05, 0.1) is 28.5 Å². The van der Waals surface area contributed by atoms with E-state index in [9.17, 15) is 9.59 Å². The van der Waals surface area contributed by atoms with Crippen LogP contribution < -0.4 is 9.80 Å². The molecule has 2 heterocycles. The van der Waals surface area contributed by atoms with Crippen molar-refractivity contribution in [2.45, 2.75) is 53.4 Å². The summed E-state index contributed by atoms with van der Waals surface area (Å²) in [4.78, 5) is 34.8. The zero-order chi connectivity index (χ0) is 33.6. The number of hydrogen-bond acceptors (Lipinski definition) is 6. The van der Waals surface area contributed by atoms with Gasteiger partial charge in [0.1, 0.15) is 11.6 Å². The molecule has 0 radical (unpaired) electrons. The summed E-state index contributed by atoms with van der Waals surface area (Å²) in [5.74, 6) is 2.34. The largest absolute Gasteiger partial charge is 0.481 e. The van der Waals surface area contributed by atoms with Crippen LogP contribution in [0.5, 0.6) is 0 Å². The fourth-order valence-corrected chi connectivity index (χ4v) is 6.06. The van der Waals surface area contributed by atoms with Gasteiger partial charge in [-0.2, -0.15) is 0 Å². The first-order chi connectivity index (χ1) is 22.1. The van der Waals surface area contributed by atoms with Crippen molar-refractivity contribution in [3.63, 3.8) is 0 Å². The molecule has 4 aromatic rings. The van der Waals surface area contributed by atoms with Crippen LogP contribution in [0.1, 0.15) is 52.2 Å². The first-order valence-corrected chi connectivity index (χ1v) is 17.3. The average Bonchev–Trinajstić information content (AvgIpc) is 3.52. The van der Waals surface area contributed by atoms with Crippen LogP contribution in [0.15, 0.2) is 36.4 Å². The Hall–Kier alpha value is -2.92. The lowest BCUT2D eigenvalue weighted by Crippen LogP contribution is -2.27.